The zero-order valence-corrected chi connectivity index (χ0v) is 23.3. The number of hydrogen-bond acceptors (Lipinski definition) is 6. The number of aldehydes is 1. The van der Waals surface area contributed by atoms with Gasteiger partial charge in [-0.1, -0.05) is 32.3 Å². The van der Waals surface area contributed by atoms with E-state index in [-0.39, 0.29) is 30.5 Å². The summed E-state index contributed by atoms with van der Waals surface area (Å²) >= 11 is 0. The van der Waals surface area contributed by atoms with Crippen molar-refractivity contribution >= 4 is 17.3 Å². The maximum atomic E-state index is 13.4. The van der Waals surface area contributed by atoms with Gasteiger partial charge in [0.15, 0.2) is 12.0 Å². The first-order valence-electron chi connectivity index (χ1n) is 13.3. The molecule has 1 aliphatic rings. The topological polar surface area (TPSA) is 59.8 Å². The molecular weight excluding hydrogens is 526 g/mol. The van der Waals surface area contributed by atoms with Gasteiger partial charge in [-0.3, -0.25) is 19.2 Å². The van der Waals surface area contributed by atoms with E-state index in [1.54, 1.807) is 10.6 Å². The molecule has 0 N–H and O–H groups in total. The molecule has 0 bridgehead atoms. The lowest BCUT2D eigenvalue weighted by Crippen LogP contribution is -2.36. The first-order chi connectivity index (χ1) is 19.4. The third kappa shape index (κ3) is 8.37. The second kappa shape index (κ2) is 16.5. The van der Waals surface area contributed by atoms with Crippen LogP contribution in [-0.2, 0) is 4.74 Å². The molecule has 2 heterocycles. The molecule has 0 saturated carbocycles. The van der Waals surface area contributed by atoms with Crippen LogP contribution in [0.1, 0.15) is 61.4 Å². The number of carbonyl (C=O) groups excluding carboxylic acids is 1. The van der Waals surface area contributed by atoms with Gasteiger partial charge in [0.1, 0.15) is 11.5 Å². The molecule has 2 aromatic carbocycles. The largest absolute Gasteiger partial charge is 0.433 e. The number of hydrogen-bond donors (Lipinski definition) is 0. The normalized spacial score (nSPS) is 14.0. The molecule has 41 heavy (non-hydrogen) atoms. The highest BCUT2D eigenvalue weighted by atomic mass is 19.3. The molecule has 1 atom stereocenters. The predicted octanol–water partition coefficient (Wildman–Crippen LogP) is 5.80. The van der Waals surface area contributed by atoms with E-state index >= 15 is 0 Å². The van der Waals surface area contributed by atoms with Crippen LogP contribution >= 0.6 is 0 Å². The summed E-state index contributed by atoms with van der Waals surface area (Å²) in [7, 11) is 3.88. The number of fused-ring (bicyclic) bond motifs is 1. The number of halogens is 2. The van der Waals surface area contributed by atoms with E-state index in [1.807, 2.05) is 44.1 Å². The van der Waals surface area contributed by atoms with Crippen molar-refractivity contribution in [3.63, 3.8) is 0 Å². The van der Waals surface area contributed by atoms with Gasteiger partial charge >= 0.3 is 6.61 Å². The van der Waals surface area contributed by atoms with Crippen LogP contribution in [0.3, 0.4) is 0 Å². The standard InChI is InChI=1S/C29H34F2N4O3.C2H2.CH4/c1-4-24(33(2)3)28-32-23-13-12-21(9-6-5-7-14-34-15-17-37-18-16-34)19-25(23)35(28)27-22(20-36)10-8-11-26(27)38-29(30)31;1-2;/h8,10-13,19-20,24,29H,4-5,7,14-18H2,1-3H3;1-2H;1H4/t24-;;/m1../s1. The summed E-state index contributed by atoms with van der Waals surface area (Å²) in [6.45, 7) is 3.47. The Kier molecular flexibility index (Phi) is 13.5. The Morgan fingerprint density at radius 2 is 1.93 bits per heavy atom. The molecule has 3 aromatic rings. The maximum Gasteiger partial charge on any atom is 0.387 e. The molecule has 220 valence electrons. The zero-order valence-electron chi connectivity index (χ0n) is 23.3. The van der Waals surface area contributed by atoms with Gasteiger partial charge in [-0.25, -0.2) is 4.98 Å². The summed E-state index contributed by atoms with van der Waals surface area (Å²) in [6.07, 6.45) is 11.1. The van der Waals surface area contributed by atoms with Crippen LogP contribution < -0.4 is 4.74 Å². The number of terminal acetylenes is 1. The van der Waals surface area contributed by atoms with Crippen LogP contribution in [0.2, 0.25) is 0 Å². The molecule has 0 aliphatic carbocycles. The Bertz CT molecular complexity index is 1350. The summed E-state index contributed by atoms with van der Waals surface area (Å²) in [5.41, 5.74) is 2.62. The number of imidazole rings is 1. The van der Waals surface area contributed by atoms with Crippen molar-refractivity contribution in [3.8, 4) is 36.1 Å². The second-order valence-corrected chi connectivity index (χ2v) is 9.45. The maximum absolute atomic E-state index is 13.4. The highest BCUT2D eigenvalue weighted by molar-refractivity contribution is 5.87. The fraction of sp³-hybridized carbons (Fsp3) is 0.438. The molecular formula is C32H40F2N4O3. The molecule has 4 rings (SSSR count). The number of alkyl halides is 2. The number of carbonyl (C=O) groups is 1. The average molecular weight is 567 g/mol. The van der Waals surface area contributed by atoms with E-state index in [0.717, 1.165) is 57.7 Å². The second-order valence-electron chi connectivity index (χ2n) is 9.45. The molecule has 0 spiro atoms. The summed E-state index contributed by atoms with van der Waals surface area (Å²) < 4.78 is 38.8. The first kappa shape index (κ1) is 33.4. The first-order valence-corrected chi connectivity index (χ1v) is 13.3. The van der Waals surface area contributed by atoms with E-state index < -0.39 is 6.61 Å². The van der Waals surface area contributed by atoms with Crippen molar-refractivity contribution < 1.29 is 23.0 Å². The van der Waals surface area contributed by atoms with Crippen LogP contribution in [0.5, 0.6) is 5.75 Å². The molecule has 0 unspecified atom stereocenters. The third-order valence-electron chi connectivity index (χ3n) is 6.70. The fourth-order valence-electron chi connectivity index (χ4n) is 4.85. The molecule has 1 aromatic heterocycles. The lowest BCUT2D eigenvalue weighted by atomic mass is 10.1. The van der Waals surface area contributed by atoms with Crippen molar-refractivity contribution in [3.05, 3.63) is 53.3 Å². The Hall–Kier alpha value is -3.76. The summed E-state index contributed by atoms with van der Waals surface area (Å²) in [5, 5.41) is 0. The summed E-state index contributed by atoms with van der Waals surface area (Å²) in [4.78, 5) is 21.3. The Morgan fingerprint density at radius 3 is 2.56 bits per heavy atom. The average Bonchev–Trinajstić information content (AvgIpc) is 3.32. The minimum atomic E-state index is -3.04. The van der Waals surface area contributed by atoms with Crippen LogP contribution in [0.4, 0.5) is 8.78 Å². The summed E-state index contributed by atoms with van der Waals surface area (Å²) in [5.74, 6) is 7.05. The number of unbranched alkanes of at least 4 members (excludes halogenated alkanes) is 1. The molecule has 9 heteroatoms. The lowest BCUT2D eigenvalue weighted by Gasteiger charge is -2.26. The van der Waals surface area contributed by atoms with E-state index in [2.05, 4.69) is 29.6 Å². The number of benzene rings is 2. The number of rotatable bonds is 10. The van der Waals surface area contributed by atoms with E-state index in [0.29, 0.717) is 23.1 Å². The van der Waals surface area contributed by atoms with Gasteiger partial charge < -0.3 is 9.47 Å². The number of morpholine rings is 1. The van der Waals surface area contributed by atoms with Gasteiger partial charge in [-0.2, -0.15) is 8.78 Å². The fourth-order valence-corrected chi connectivity index (χ4v) is 4.85. The third-order valence-corrected chi connectivity index (χ3v) is 6.70. The molecule has 1 aliphatic heterocycles. The zero-order chi connectivity index (χ0) is 29.1. The lowest BCUT2D eigenvalue weighted by molar-refractivity contribution is -0.0498. The van der Waals surface area contributed by atoms with Crippen molar-refractivity contribution in [2.24, 2.45) is 0 Å². The van der Waals surface area contributed by atoms with Crippen LogP contribution in [0.15, 0.2) is 36.4 Å². The SMILES string of the molecule is C.C#C.CC[C@H](c1nc2ccc(C#CCCCN3CCOCC3)cc2n1-c1c(C=O)cccc1OC(F)F)N(C)C. The van der Waals surface area contributed by atoms with Gasteiger partial charge in [0.25, 0.3) is 0 Å². The molecule has 0 radical (unpaired) electrons. The highest BCUT2D eigenvalue weighted by Gasteiger charge is 2.26. The molecule has 1 saturated heterocycles. The van der Waals surface area contributed by atoms with Crippen LogP contribution in [-0.4, -0.2) is 79.2 Å². The van der Waals surface area contributed by atoms with Crippen molar-refractivity contribution in [2.45, 2.75) is 46.3 Å². The number of nitrogens with zero attached hydrogens (tertiary/aromatic N) is 4. The Labute approximate surface area is 242 Å². The number of ether oxygens (including phenoxy) is 2. The molecule has 0 amide bonds. The minimum Gasteiger partial charge on any atom is -0.433 e. The van der Waals surface area contributed by atoms with Crippen molar-refractivity contribution in [2.75, 3.05) is 46.9 Å². The van der Waals surface area contributed by atoms with E-state index in [4.69, 9.17) is 14.5 Å². The monoisotopic (exact) mass is 566 g/mol. The van der Waals surface area contributed by atoms with Gasteiger partial charge in [-0.15, -0.1) is 12.8 Å². The molecule has 1 fully saturated rings. The number of aromatic nitrogens is 2. The smallest absolute Gasteiger partial charge is 0.387 e. The Balaban J connectivity index is 0.00000192. The number of para-hydroxylation sites is 1. The molecule has 7 nitrogen and oxygen atoms in total. The highest BCUT2D eigenvalue weighted by Crippen LogP contribution is 2.36. The Morgan fingerprint density at radius 1 is 1.20 bits per heavy atom. The minimum absolute atomic E-state index is 0. The van der Waals surface area contributed by atoms with E-state index in [9.17, 15) is 13.6 Å². The van der Waals surface area contributed by atoms with Crippen molar-refractivity contribution in [1.82, 2.24) is 19.4 Å². The van der Waals surface area contributed by atoms with Gasteiger partial charge in [0.2, 0.25) is 0 Å². The van der Waals surface area contributed by atoms with Gasteiger partial charge in [0, 0.05) is 30.6 Å². The van der Waals surface area contributed by atoms with Crippen LogP contribution in [0.25, 0.3) is 16.7 Å². The van der Waals surface area contributed by atoms with E-state index in [1.165, 1.54) is 12.1 Å². The van der Waals surface area contributed by atoms with Gasteiger partial charge in [-0.05, 0) is 63.8 Å². The summed E-state index contributed by atoms with van der Waals surface area (Å²) in [6, 6.07) is 10.1. The predicted molar refractivity (Wildman–Crippen MR) is 160 cm³/mol. The van der Waals surface area contributed by atoms with Gasteiger partial charge in [0.05, 0.1) is 30.3 Å². The van der Waals surface area contributed by atoms with Crippen LogP contribution in [0, 0.1) is 24.7 Å². The van der Waals surface area contributed by atoms with Crippen molar-refractivity contribution in [1.29, 1.82) is 0 Å². The quantitative estimate of drug-likeness (QED) is 0.176.